The van der Waals surface area contributed by atoms with E-state index in [1.165, 1.54) is 16.4 Å². The van der Waals surface area contributed by atoms with Gasteiger partial charge in [0.15, 0.2) is 0 Å². The molecule has 0 atom stereocenters. The monoisotopic (exact) mass is 399 g/mol. The third-order valence-electron chi connectivity index (χ3n) is 4.80. The second-order valence-electron chi connectivity index (χ2n) is 6.47. The molecule has 7 nitrogen and oxygen atoms in total. The van der Waals surface area contributed by atoms with Gasteiger partial charge in [-0.15, -0.1) is 0 Å². The Labute approximate surface area is 158 Å². The van der Waals surface area contributed by atoms with E-state index in [0.29, 0.717) is 18.1 Å². The first-order chi connectivity index (χ1) is 12.4. The average molecular weight is 400 g/mol. The highest BCUT2D eigenvalue weighted by atomic mass is 35.5. The molecular weight excluding hydrogens is 378 g/mol. The molecule has 0 aliphatic carbocycles. The van der Waals surface area contributed by atoms with Crippen LogP contribution >= 0.6 is 11.6 Å². The molecule has 0 spiro atoms. The summed E-state index contributed by atoms with van der Waals surface area (Å²) in [6, 6.07) is 6.06. The molecule has 2 aliphatic rings. The van der Waals surface area contributed by atoms with Gasteiger partial charge in [-0.05, 0) is 30.7 Å². The predicted molar refractivity (Wildman–Crippen MR) is 97.2 cm³/mol. The molecule has 2 heterocycles. The number of benzene rings is 1. The third-order valence-corrected chi connectivity index (χ3v) is 6.97. The molecule has 0 saturated carbocycles. The Morgan fingerprint density at radius 3 is 1.81 bits per heavy atom. The van der Waals surface area contributed by atoms with Crippen LogP contribution in [0.25, 0.3) is 0 Å². The topological polar surface area (TPSA) is 78.0 Å². The summed E-state index contributed by atoms with van der Waals surface area (Å²) in [4.78, 5) is 27.7. The fourth-order valence-electron chi connectivity index (χ4n) is 3.03. The Hall–Kier alpha value is -1.64. The van der Waals surface area contributed by atoms with Crippen molar-refractivity contribution in [2.75, 3.05) is 39.3 Å². The van der Waals surface area contributed by atoms with Crippen LogP contribution in [0.3, 0.4) is 0 Å². The zero-order chi connectivity index (χ0) is 18.7. The smallest absolute Gasteiger partial charge is 0.243 e. The van der Waals surface area contributed by atoms with Gasteiger partial charge >= 0.3 is 0 Å². The van der Waals surface area contributed by atoms with Gasteiger partial charge in [-0.1, -0.05) is 11.6 Å². The molecule has 3 rings (SSSR count). The number of halogens is 1. The van der Waals surface area contributed by atoms with Crippen LogP contribution < -0.4 is 0 Å². The number of sulfonamides is 1. The van der Waals surface area contributed by atoms with Crippen LogP contribution in [0.4, 0.5) is 0 Å². The number of nitrogens with zero attached hydrogens (tertiary/aromatic N) is 3. The maximum atomic E-state index is 12.6. The summed E-state index contributed by atoms with van der Waals surface area (Å²) < 4.78 is 26.6. The van der Waals surface area contributed by atoms with Crippen molar-refractivity contribution in [2.45, 2.75) is 24.2 Å². The lowest BCUT2D eigenvalue weighted by Crippen LogP contribution is -2.50. The number of amides is 2. The zero-order valence-electron chi connectivity index (χ0n) is 14.4. The number of piperazine rings is 1. The Morgan fingerprint density at radius 1 is 0.846 bits per heavy atom. The molecule has 2 aliphatic heterocycles. The van der Waals surface area contributed by atoms with Crippen LogP contribution in [-0.2, 0) is 19.6 Å². The van der Waals surface area contributed by atoms with Crippen LogP contribution in [0.15, 0.2) is 29.2 Å². The average Bonchev–Trinajstić information content (AvgIpc) is 2.58. The second-order valence-corrected chi connectivity index (χ2v) is 8.85. The first-order valence-corrected chi connectivity index (χ1v) is 10.5. The molecular formula is C17H22ClN3O4S. The fourth-order valence-corrected chi connectivity index (χ4v) is 4.58. The molecule has 1 aromatic carbocycles. The number of likely N-dealkylation sites (tertiary alicyclic amines) is 1. The van der Waals surface area contributed by atoms with Gasteiger partial charge in [0.2, 0.25) is 21.8 Å². The van der Waals surface area contributed by atoms with Gasteiger partial charge in [0.1, 0.15) is 0 Å². The van der Waals surface area contributed by atoms with E-state index in [1.54, 1.807) is 21.9 Å². The second kappa shape index (κ2) is 7.94. The van der Waals surface area contributed by atoms with Gasteiger partial charge in [0.25, 0.3) is 0 Å². The van der Waals surface area contributed by atoms with E-state index in [2.05, 4.69) is 0 Å². The Bertz CT molecular complexity index is 770. The Balaban J connectivity index is 1.50. The Kier molecular flexibility index (Phi) is 5.84. The number of carbonyl (C=O) groups excluding carboxylic acids is 2. The first-order valence-electron chi connectivity index (χ1n) is 8.69. The quantitative estimate of drug-likeness (QED) is 0.745. The summed E-state index contributed by atoms with van der Waals surface area (Å²) in [5, 5.41) is 0.479. The lowest BCUT2D eigenvalue weighted by atomic mass is 10.1. The van der Waals surface area contributed by atoms with Gasteiger partial charge < -0.3 is 9.80 Å². The standard InChI is InChI=1S/C17H22ClN3O4S/c18-14-2-4-15(5-3-14)26(24,25)21-12-10-20(11-13-21)17(23)7-6-16(22)19-8-1-9-19/h2-5H,1,6-13H2. The van der Waals surface area contributed by atoms with Crippen molar-refractivity contribution in [3.63, 3.8) is 0 Å². The van der Waals surface area contributed by atoms with Crippen molar-refractivity contribution in [3.8, 4) is 0 Å². The Morgan fingerprint density at radius 2 is 1.35 bits per heavy atom. The van der Waals surface area contributed by atoms with Crippen molar-refractivity contribution in [3.05, 3.63) is 29.3 Å². The summed E-state index contributed by atoms with van der Waals surface area (Å²) in [6.45, 7) is 2.74. The molecule has 9 heteroatoms. The molecule has 0 aromatic heterocycles. The molecule has 0 bridgehead atoms. The maximum Gasteiger partial charge on any atom is 0.243 e. The highest BCUT2D eigenvalue weighted by Crippen LogP contribution is 2.20. The lowest BCUT2D eigenvalue weighted by Gasteiger charge is -2.34. The minimum Gasteiger partial charge on any atom is -0.343 e. The molecule has 2 amide bonds. The molecule has 2 fully saturated rings. The van der Waals surface area contributed by atoms with Crippen molar-refractivity contribution in [1.29, 1.82) is 0 Å². The van der Waals surface area contributed by atoms with E-state index in [1.807, 2.05) is 0 Å². The van der Waals surface area contributed by atoms with Crippen LogP contribution in [-0.4, -0.2) is 73.6 Å². The summed E-state index contributed by atoms with van der Waals surface area (Å²) in [6.07, 6.45) is 1.44. The van der Waals surface area contributed by atoms with Crippen LogP contribution in [0.2, 0.25) is 5.02 Å². The normalized spacial score (nSPS) is 18.5. The molecule has 1 aromatic rings. The summed E-state index contributed by atoms with van der Waals surface area (Å²) in [7, 11) is -3.58. The highest BCUT2D eigenvalue weighted by Gasteiger charge is 2.30. The highest BCUT2D eigenvalue weighted by molar-refractivity contribution is 7.89. The number of hydrogen-bond donors (Lipinski definition) is 0. The fraction of sp³-hybridized carbons (Fsp3) is 0.529. The minimum absolute atomic E-state index is 0.0218. The van der Waals surface area contributed by atoms with E-state index in [-0.39, 0.29) is 42.6 Å². The van der Waals surface area contributed by atoms with E-state index < -0.39 is 10.0 Å². The number of carbonyl (C=O) groups is 2. The molecule has 26 heavy (non-hydrogen) atoms. The molecule has 2 saturated heterocycles. The van der Waals surface area contributed by atoms with Gasteiger partial charge in [-0.2, -0.15) is 4.31 Å². The summed E-state index contributed by atoms with van der Waals surface area (Å²) in [5.74, 6) is -0.0732. The molecule has 0 unspecified atom stereocenters. The van der Waals surface area contributed by atoms with E-state index in [4.69, 9.17) is 11.6 Å². The summed E-state index contributed by atoms with van der Waals surface area (Å²) in [5.41, 5.74) is 0. The molecule has 0 N–H and O–H groups in total. The first kappa shape index (κ1) is 19.1. The van der Waals surface area contributed by atoms with E-state index in [0.717, 1.165) is 19.5 Å². The maximum absolute atomic E-state index is 12.6. The SMILES string of the molecule is O=C(CCC(=O)N1CCN(S(=O)(=O)c2ccc(Cl)cc2)CC1)N1CCC1. The zero-order valence-corrected chi connectivity index (χ0v) is 16.0. The van der Waals surface area contributed by atoms with Crippen molar-refractivity contribution < 1.29 is 18.0 Å². The van der Waals surface area contributed by atoms with Crippen LogP contribution in [0.5, 0.6) is 0 Å². The van der Waals surface area contributed by atoms with Gasteiger partial charge in [-0.25, -0.2) is 8.42 Å². The molecule has 142 valence electrons. The van der Waals surface area contributed by atoms with Crippen LogP contribution in [0, 0.1) is 0 Å². The predicted octanol–water partition coefficient (Wildman–Crippen LogP) is 1.19. The lowest BCUT2D eigenvalue weighted by molar-refractivity contribution is -0.139. The van der Waals surface area contributed by atoms with Crippen molar-refractivity contribution in [1.82, 2.24) is 14.1 Å². The van der Waals surface area contributed by atoms with Gasteiger partial charge in [0, 0.05) is 57.1 Å². The van der Waals surface area contributed by atoms with Crippen molar-refractivity contribution >= 4 is 33.4 Å². The third kappa shape index (κ3) is 4.19. The summed E-state index contributed by atoms with van der Waals surface area (Å²) >= 11 is 5.81. The minimum atomic E-state index is -3.58. The van der Waals surface area contributed by atoms with Crippen molar-refractivity contribution in [2.24, 2.45) is 0 Å². The largest absolute Gasteiger partial charge is 0.343 e. The van der Waals surface area contributed by atoms with Gasteiger partial charge in [0.05, 0.1) is 4.90 Å². The van der Waals surface area contributed by atoms with E-state index in [9.17, 15) is 18.0 Å². The number of hydrogen-bond acceptors (Lipinski definition) is 4. The van der Waals surface area contributed by atoms with Crippen LogP contribution in [0.1, 0.15) is 19.3 Å². The van der Waals surface area contributed by atoms with E-state index >= 15 is 0 Å². The van der Waals surface area contributed by atoms with Gasteiger partial charge in [-0.3, -0.25) is 9.59 Å². The molecule has 0 radical (unpaired) electrons. The number of rotatable bonds is 5.